The second kappa shape index (κ2) is 8.44. The first kappa shape index (κ1) is 20.4. The number of aliphatic hydroxyl groups is 1. The molecule has 0 spiro atoms. The number of nitrogens with zero attached hydrogens (tertiary/aromatic N) is 3. The van der Waals surface area contributed by atoms with Crippen molar-refractivity contribution in [2.24, 2.45) is 5.73 Å². The zero-order chi connectivity index (χ0) is 21.1. The first-order valence-corrected chi connectivity index (χ1v) is 9.51. The number of halogens is 1. The number of ether oxygens (including phenoxy) is 2. The van der Waals surface area contributed by atoms with Crippen LogP contribution in [0, 0.1) is 5.82 Å². The SMILES string of the molecule is CC1(N)COC(c2nc(-c3ccc(F)cc3)c(-c3ccnc(NCCO)n3)[nH]2)OC1. The zero-order valence-electron chi connectivity index (χ0n) is 16.4. The Bertz CT molecular complexity index is 998. The fourth-order valence-electron chi connectivity index (χ4n) is 3.04. The van der Waals surface area contributed by atoms with Crippen LogP contribution in [0.3, 0.4) is 0 Å². The van der Waals surface area contributed by atoms with Gasteiger partial charge in [-0.05, 0) is 37.3 Å². The maximum absolute atomic E-state index is 13.4. The zero-order valence-corrected chi connectivity index (χ0v) is 16.4. The van der Waals surface area contributed by atoms with Crippen LogP contribution in [0.5, 0.6) is 0 Å². The van der Waals surface area contributed by atoms with Crippen molar-refractivity contribution in [1.82, 2.24) is 19.9 Å². The lowest BCUT2D eigenvalue weighted by Crippen LogP contribution is -2.50. The molecule has 0 amide bonds. The Hall–Kier alpha value is -2.92. The summed E-state index contributed by atoms with van der Waals surface area (Å²) < 4.78 is 24.9. The highest BCUT2D eigenvalue weighted by Gasteiger charge is 2.32. The smallest absolute Gasteiger partial charge is 0.223 e. The summed E-state index contributed by atoms with van der Waals surface area (Å²) in [5, 5.41) is 11.9. The average molecular weight is 414 g/mol. The number of hydrogen-bond acceptors (Lipinski definition) is 8. The number of aliphatic hydroxyl groups excluding tert-OH is 1. The van der Waals surface area contributed by atoms with E-state index in [0.717, 1.165) is 0 Å². The van der Waals surface area contributed by atoms with Gasteiger partial charge in [0.1, 0.15) is 5.82 Å². The summed E-state index contributed by atoms with van der Waals surface area (Å²) in [6.45, 7) is 2.77. The molecule has 3 aromatic rings. The molecule has 3 heterocycles. The van der Waals surface area contributed by atoms with Gasteiger partial charge in [-0.2, -0.15) is 0 Å². The predicted octanol–water partition coefficient (Wildman–Crippen LogP) is 1.84. The van der Waals surface area contributed by atoms with E-state index in [9.17, 15) is 4.39 Å². The number of nitrogens with two attached hydrogens (primary N) is 1. The molecule has 158 valence electrons. The van der Waals surface area contributed by atoms with Crippen LogP contribution in [0.2, 0.25) is 0 Å². The molecule has 1 saturated heterocycles. The summed E-state index contributed by atoms with van der Waals surface area (Å²) in [5.74, 6) is 0.491. The largest absolute Gasteiger partial charge is 0.395 e. The molecular formula is C20H23FN6O3. The van der Waals surface area contributed by atoms with Crippen LogP contribution in [0.15, 0.2) is 36.5 Å². The van der Waals surface area contributed by atoms with Crippen LogP contribution < -0.4 is 11.1 Å². The van der Waals surface area contributed by atoms with E-state index < -0.39 is 11.8 Å². The second-order valence-electron chi connectivity index (χ2n) is 7.38. The van der Waals surface area contributed by atoms with E-state index in [1.165, 1.54) is 12.1 Å². The number of nitrogens with one attached hydrogen (secondary N) is 2. The van der Waals surface area contributed by atoms with E-state index in [0.29, 0.717) is 54.2 Å². The molecular weight excluding hydrogens is 391 g/mol. The van der Waals surface area contributed by atoms with E-state index >= 15 is 0 Å². The summed E-state index contributed by atoms with van der Waals surface area (Å²) in [6.07, 6.45) is 0.896. The Balaban J connectivity index is 1.73. The molecule has 10 heteroatoms. The minimum Gasteiger partial charge on any atom is -0.395 e. The highest BCUT2D eigenvalue weighted by Crippen LogP contribution is 2.33. The van der Waals surface area contributed by atoms with E-state index in [4.69, 9.17) is 20.3 Å². The van der Waals surface area contributed by atoms with Crippen LogP contribution in [0.25, 0.3) is 22.6 Å². The summed E-state index contributed by atoms with van der Waals surface area (Å²) in [6, 6.07) is 7.76. The number of hydrogen-bond donors (Lipinski definition) is 4. The lowest BCUT2D eigenvalue weighted by atomic mass is 10.1. The summed E-state index contributed by atoms with van der Waals surface area (Å²) in [5.41, 5.74) is 7.95. The normalized spacial score (nSPS) is 21.5. The van der Waals surface area contributed by atoms with Gasteiger partial charge < -0.3 is 30.6 Å². The van der Waals surface area contributed by atoms with Gasteiger partial charge in [0.25, 0.3) is 0 Å². The third-order valence-electron chi connectivity index (χ3n) is 4.50. The maximum Gasteiger partial charge on any atom is 0.223 e. The number of anilines is 1. The summed E-state index contributed by atoms with van der Waals surface area (Å²) in [4.78, 5) is 16.5. The quantitative estimate of drug-likeness (QED) is 0.481. The Labute approximate surface area is 172 Å². The van der Waals surface area contributed by atoms with E-state index in [1.54, 1.807) is 24.4 Å². The van der Waals surface area contributed by atoms with Crippen molar-refractivity contribution in [2.75, 3.05) is 31.7 Å². The lowest BCUT2D eigenvalue weighted by Gasteiger charge is -2.33. The Morgan fingerprint density at radius 3 is 2.67 bits per heavy atom. The fourth-order valence-corrected chi connectivity index (χ4v) is 3.04. The van der Waals surface area contributed by atoms with Crippen LogP contribution in [0.4, 0.5) is 10.3 Å². The second-order valence-corrected chi connectivity index (χ2v) is 7.38. The van der Waals surface area contributed by atoms with Gasteiger partial charge in [-0.3, -0.25) is 0 Å². The predicted molar refractivity (Wildman–Crippen MR) is 108 cm³/mol. The molecule has 0 aliphatic carbocycles. The third-order valence-corrected chi connectivity index (χ3v) is 4.50. The third kappa shape index (κ3) is 4.46. The molecule has 2 aromatic heterocycles. The minimum absolute atomic E-state index is 0.0426. The number of aromatic amines is 1. The average Bonchev–Trinajstić information content (AvgIpc) is 3.18. The van der Waals surface area contributed by atoms with Gasteiger partial charge >= 0.3 is 0 Å². The van der Waals surface area contributed by atoms with Crippen LogP contribution in [-0.2, 0) is 9.47 Å². The minimum atomic E-state index is -0.705. The molecule has 1 aliphatic rings. The monoisotopic (exact) mass is 414 g/mol. The molecule has 0 bridgehead atoms. The van der Waals surface area contributed by atoms with Gasteiger partial charge in [-0.15, -0.1) is 0 Å². The molecule has 0 unspecified atom stereocenters. The molecule has 0 radical (unpaired) electrons. The van der Waals surface area contributed by atoms with Gasteiger partial charge in [0.05, 0.1) is 42.4 Å². The number of rotatable bonds is 6. The number of benzene rings is 1. The van der Waals surface area contributed by atoms with Gasteiger partial charge in [0.15, 0.2) is 5.82 Å². The van der Waals surface area contributed by atoms with Crippen molar-refractivity contribution >= 4 is 5.95 Å². The van der Waals surface area contributed by atoms with Crippen molar-refractivity contribution in [3.05, 3.63) is 48.2 Å². The molecule has 4 rings (SSSR count). The van der Waals surface area contributed by atoms with Crippen molar-refractivity contribution in [1.29, 1.82) is 0 Å². The molecule has 1 aliphatic heterocycles. The standard InChI is InChI=1S/C20H23FN6O3/c1-20(22)10-29-18(30-11-20)17-26-15(12-2-4-13(21)5-3-12)16(27-17)14-6-7-23-19(25-14)24-8-9-28/h2-7,18,28H,8-11,22H2,1H3,(H,26,27)(H,23,24,25). The molecule has 1 aromatic carbocycles. The van der Waals surface area contributed by atoms with E-state index in [2.05, 4.69) is 25.3 Å². The van der Waals surface area contributed by atoms with E-state index in [-0.39, 0.29) is 12.4 Å². The fraction of sp³-hybridized carbons (Fsp3) is 0.350. The molecule has 5 N–H and O–H groups in total. The lowest BCUT2D eigenvalue weighted by molar-refractivity contribution is -0.211. The first-order chi connectivity index (χ1) is 14.4. The highest BCUT2D eigenvalue weighted by atomic mass is 19.1. The Morgan fingerprint density at radius 2 is 1.97 bits per heavy atom. The molecule has 0 saturated carbocycles. The number of imidazole rings is 1. The summed E-state index contributed by atoms with van der Waals surface area (Å²) in [7, 11) is 0. The topological polar surface area (TPSA) is 131 Å². The van der Waals surface area contributed by atoms with Crippen molar-refractivity contribution in [3.63, 3.8) is 0 Å². The number of H-pyrrole nitrogens is 1. The van der Waals surface area contributed by atoms with Crippen LogP contribution >= 0.6 is 0 Å². The van der Waals surface area contributed by atoms with E-state index in [1.807, 2.05) is 6.92 Å². The number of aromatic nitrogens is 4. The van der Waals surface area contributed by atoms with Gasteiger partial charge in [-0.1, -0.05) is 0 Å². The van der Waals surface area contributed by atoms with Gasteiger partial charge in [-0.25, -0.2) is 19.3 Å². The molecule has 0 atom stereocenters. The Kier molecular flexibility index (Phi) is 5.73. The van der Waals surface area contributed by atoms with Crippen LogP contribution in [-0.4, -0.2) is 56.9 Å². The first-order valence-electron chi connectivity index (χ1n) is 9.51. The van der Waals surface area contributed by atoms with Crippen molar-refractivity contribution < 1.29 is 19.0 Å². The highest BCUT2D eigenvalue weighted by molar-refractivity contribution is 5.77. The molecule has 9 nitrogen and oxygen atoms in total. The molecule has 1 fully saturated rings. The summed E-state index contributed by atoms with van der Waals surface area (Å²) >= 11 is 0. The van der Waals surface area contributed by atoms with Crippen molar-refractivity contribution in [3.8, 4) is 22.6 Å². The Morgan fingerprint density at radius 1 is 1.23 bits per heavy atom. The van der Waals surface area contributed by atoms with Gasteiger partial charge in [0.2, 0.25) is 12.2 Å². The van der Waals surface area contributed by atoms with Crippen molar-refractivity contribution in [2.45, 2.75) is 18.8 Å². The molecule has 30 heavy (non-hydrogen) atoms. The maximum atomic E-state index is 13.4. The van der Waals surface area contributed by atoms with Crippen LogP contribution in [0.1, 0.15) is 19.0 Å². The van der Waals surface area contributed by atoms with Gasteiger partial charge in [0, 0.05) is 18.3 Å².